The van der Waals surface area contributed by atoms with E-state index in [0.29, 0.717) is 17.1 Å². The molecule has 1 rings (SSSR count). The van der Waals surface area contributed by atoms with Gasteiger partial charge in [-0.05, 0) is 25.1 Å². The fraction of sp³-hybridized carbons (Fsp3) is 0.250. The van der Waals surface area contributed by atoms with Crippen LogP contribution in [-0.2, 0) is 0 Å². The van der Waals surface area contributed by atoms with Crippen LogP contribution in [-0.4, -0.2) is 19.5 Å². The fourth-order valence-electron chi connectivity index (χ4n) is 1.11. The van der Waals surface area contributed by atoms with Gasteiger partial charge in [-0.2, -0.15) is 0 Å². The van der Waals surface area contributed by atoms with E-state index in [0.717, 1.165) is 6.29 Å². The van der Waals surface area contributed by atoms with Gasteiger partial charge >= 0.3 is 0 Å². The maximum absolute atomic E-state index is 10.6. The summed E-state index contributed by atoms with van der Waals surface area (Å²) in [7, 11) is 1.56. The molecule has 3 nitrogen and oxygen atoms in total. The molecule has 0 aliphatic heterocycles. The van der Waals surface area contributed by atoms with Crippen molar-refractivity contribution in [3.8, 4) is 11.5 Å². The zero-order chi connectivity index (χ0) is 11.3. The van der Waals surface area contributed by atoms with Crippen molar-refractivity contribution in [3.05, 3.63) is 36.4 Å². The molecule has 1 aromatic rings. The number of carbonyl (C=O) groups is 1. The van der Waals surface area contributed by atoms with Crippen molar-refractivity contribution in [1.29, 1.82) is 0 Å². The molecule has 0 amide bonds. The Morgan fingerprint density at radius 2 is 2.13 bits per heavy atom. The molecule has 0 aliphatic carbocycles. The summed E-state index contributed by atoms with van der Waals surface area (Å²) >= 11 is 0. The molecule has 0 bridgehead atoms. The van der Waals surface area contributed by atoms with Crippen LogP contribution in [0.1, 0.15) is 17.3 Å². The van der Waals surface area contributed by atoms with Crippen LogP contribution in [0.2, 0.25) is 0 Å². The highest BCUT2D eigenvalue weighted by atomic mass is 16.5. The van der Waals surface area contributed by atoms with Crippen molar-refractivity contribution < 1.29 is 14.3 Å². The monoisotopic (exact) mass is 206 g/mol. The number of ether oxygens (including phenoxy) is 2. The maximum Gasteiger partial charge on any atom is 0.162 e. The lowest BCUT2D eigenvalue weighted by Gasteiger charge is -2.14. The predicted molar refractivity (Wildman–Crippen MR) is 58.7 cm³/mol. The molecule has 1 aromatic carbocycles. The van der Waals surface area contributed by atoms with Crippen LogP contribution >= 0.6 is 0 Å². The van der Waals surface area contributed by atoms with Crippen molar-refractivity contribution in [2.45, 2.75) is 13.0 Å². The lowest BCUT2D eigenvalue weighted by atomic mass is 10.2. The first-order chi connectivity index (χ1) is 7.21. The summed E-state index contributed by atoms with van der Waals surface area (Å²) in [5.74, 6) is 1.16. The first-order valence-electron chi connectivity index (χ1n) is 4.63. The first kappa shape index (κ1) is 11.3. The minimum Gasteiger partial charge on any atom is -0.493 e. The van der Waals surface area contributed by atoms with Crippen molar-refractivity contribution >= 4 is 6.29 Å². The quantitative estimate of drug-likeness (QED) is 0.548. The Labute approximate surface area is 89.3 Å². The Hall–Kier alpha value is -1.77. The third kappa shape index (κ3) is 2.84. The standard InChI is InChI=1S/C12H14O3/c1-4-9(2)15-12-7-10(8-13)5-6-11(12)14-3/h4-9H,1H2,2-3H3. The summed E-state index contributed by atoms with van der Waals surface area (Å²) in [6.45, 7) is 5.48. The summed E-state index contributed by atoms with van der Waals surface area (Å²) in [4.78, 5) is 10.6. The third-order valence-corrected chi connectivity index (χ3v) is 1.97. The second-order valence-electron chi connectivity index (χ2n) is 3.09. The van der Waals surface area contributed by atoms with Crippen LogP contribution in [0.3, 0.4) is 0 Å². The summed E-state index contributed by atoms with van der Waals surface area (Å²) in [5, 5.41) is 0. The average Bonchev–Trinajstić information content (AvgIpc) is 2.28. The highest BCUT2D eigenvalue weighted by molar-refractivity contribution is 5.76. The molecule has 0 N–H and O–H groups in total. The van der Waals surface area contributed by atoms with E-state index in [1.54, 1.807) is 31.4 Å². The highest BCUT2D eigenvalue weighted by Gasteiger charge is 2.07. The highest BCUT2D eigenvalue weighted by Crippen LogP contribution is 2.28. The Morgan fingerprint density at radius 3 is 2.67 bits per heavy atom. The van der Waals surface area contributed by atoms with E-state index in [1.807, 2.05) is 6.92 Å². The van der Waals surface area contributed by atoms with Crippen LogP contribution in [0.4, 0.5) is 0 Å². The van der Waals surface area contributed by atoms with Gasteiger partial charge in [0.15, 0.2) is 11.5 Å². The summed E-state index contributed by atoms with van der Waals surface area (Å²) in [6.07, 6.45) is 2.32. The number of rotatable bonds is 5. The molecule has 1 atom stereocenters. The van der Waals surface area contributed by atoms with Gasteiger partial charge in [-0.3, -0.25) is 4.79 Å². The van der Waals surface area contributed by atoms with Gasteiger partial charge < -0.3 is 9.47 Å². The van der Waals surface area contributed by atoms with Gasteiger partial charge in [0.1, 0.15) is 12.4 Å². The van der Waals surface area contributed by atoms with E-state index in [9.17, 15) is 4.79 Å². The molecule has 0 spiro atoms. The number of hydrogen-bond donors (Lipinski definition) is 0. The SMILES string of the molecule is C=CC(C)Oc1cc(C=O)ccc1OC. The van der Waals surface area contributed by atoms with E-state index < -0.39 is 0 Å². The van der Waals surface area contributed by atoms with Crippen LogP contribution in [0.15, 0.2) is 30.9 Å². The maximum atomic E-state index is 10.6. The van der Waals surface area contributed by atoms with Gasteiger partial charge in [-0.1, -0.05) is 12.7 Å². The largest absolute Gasteiger partial charge is 0.493 e. The second kappa shape index (κ2) is 5.20. The van der Waals surface area contributed by atoms with Gasteiger partial charge in [0, 0.05) is 5.56 Å². The lowest BCUT2D eigenvalue weighted by molar-refractivity contribution is 0.112. The minimum absolute atomic E-state index is 0.124. The van der Waals surface area contributed by atoms with Gasteiger partial charge in [0.05, 0.1) is 7.11 Å². The molecule has 1 unspecified atom stereocenters. The first-order valence-corrected chi connectivity index (χ1v) is 4.63. The normalized spacial score (nSPS) is 11.6. The number of carbonyl (C=O) groups excluding carboxylic acids is 1. The van der Waals surface area contributed by atoms with E-state index in [-0.39, 0.29) is 6.10 Å². The van der Waals surface area contributed by atoms with E-state index in [2.05, 4.69) is 6.58 Å². The molecule has 3 heteroatoms. The molecule has 0 aliphatic rings. The van der Waals surface area contributed by atoms with Gasteiger partial charge in [0.2, 0.25) is 0 Å². The van der Waals surface area contributed by atoms with Crippen LogP contribution < -0.4 is 9.47 Å². The molecular weight excluding hydrogens is 192 g/mol. The van der Waals surface area contributed by atoms with Crippen molar-refractivity contribution in [3.63, 3.8) is 0 Å². The second-order valence-corrected chi connectivity index (χ2v) is 3.09. The molecule has 0 fully saturated rings. The zero-order valence-electron chi connectivity index (χ0n) is 8.90. The molecule has 0 saturated carbocycles. The Bertz CT molecular complexity index is 358. The fourth-order valence-corrected chi connectivity index (χ4v) is 1.11. The van der Waals surface area contributed by atoms with E-state index in [4.69, 9.17) is 9.47 Å². The van der Waals surface area contributed by atoms with Crippen LogP contribution in [0.5, 0.6) is 11.5 Å². The van der Waals surface area contributed by atoms with Gasteiger partial charge in [-0.15, -0.1) is 0 Å². The van der Waals surface area contributed by atoms with E-state index in [1.165, 1.54) is 0 Å². The average molecular weight is 206 g/mol. The predicted octanol–water partition coefficient (Wildman–Crippen LogP) is 2.46. The molecule has 0 heterocycles. The Morgan fingerprint density at radius 1 is 1.40 bits per heavy atom. The third-order valence-electron chi connectivity index (χ3n) is 1.97. The van der Waals surface area contributed by atoms with Gasteiger partial charge in [0.25, 0.3) is 0 Å². The number of aldehydes is 1. The van der Waals surface area contributed by atoms with E-state index >= 15 is 0 Å². The van der Waals surface area contributed by atoms with Crippen LogP contribution in [0, 0.1) is 0 Å². The van der Waals surface area contributed by atoms with Crippen LogP contribution in [0.25, 0.3) is 0 Å². The molecular formula is C12H14O3. The number of benzene rings is 1. The van der Waals surface area contributed by atoms with Crippen molar-refractivity contribution in [2.75, 3.05) is 7.11 Å². The number of methoxy groups -OCH3 is 1. The molecule has 0 aromatic heterocycles. The lowest BCUT2D eigenvalue weighted by Crippen LogP contribution is -2.08. The smallest absolute Gasteiger partial charge is 0.162 e. The zero-order valence-corrected chi connectivity index (χ0v) is 8.90. The molecule has 15 heavy (non-hydrogen) atoms. The van der Waals surface area contributed by atoms with Crippen molar-refractivity contribution in [2.24, 2.45) is 0 Å². The summed E-state index contributed by atoms with van der Waals surface area (Å²) < 4.78 is 10.6. The Kier molecular flexibility index (Phi) is 3.92. The summed E-state index contributed by atoms with van der Waals surface area (Å²) in [6, 6.07) is 5.03. The Balaban J connectivity index is 3.00. The topological polar surface area (TPSA) is 35.5 Å². The molecule has 0 radical (unpaired) electrons. The summed E-state index contributed by atoms with van der Waals surface area (Å²) in [5.41, 5.74) is 0.557. The van der Waals surface area contributed by atoms with Gasteiger partial charge in [-0.25, -0.2) is 0 Å². The molecule has 80 valence electrons. The van der Waals surface area contributed by atoms with Crippen molar-refractivity contribution in [1.82, 2.24) is 0 Å². The number of hydrogen-bond acceptors (Lipinski definition) is 3. The molecule has 0 saturated heterocycles. The minimum atomic E-state index is -0.124.